The van der Waals surface area contributed by atoms with Gasteiger partial charge in [0, 0.05) is 19.6 Å². The van der Waals surface area contributed by atoms with E-state index in [-0.39, 0.29) is 6.03 Å². The minimum Gasteiger partial charge on any atom is -0.480 e. The molecule has 0 bridgehead atoms. The first-order valence-electron chi connectivity index (χ1n) is 6.94. The van der Waals surface area contributed by atoms with Crippen molar-refractivity contribution in [1.29, 1.82) is 0 Å². The molecule has 1 aliphatic heterocycles. The largest absolute Gasteiger partial charge is 0.480 e. The third-order valence-corrected chi connectivity index (χ3v) is 3.82. The molecule has 1 N–H and O–H groups in total. The van der Waals surface area contributed by atoms with Crippen LogP contribution in [0.25, 0.3) is 0 Å². The van der Waals surface area contributed by atoms with Crippen LogP contribution in [0.2, 0.25) is 0 Å². The standard InChI is InChI=1S/C14H24N2O3/c1-4-8-15(6-3)14(19)16-9-7-11(5-2)10-12(16)13(17)18/h4,11-12H,1,5-10H2,2-3H3,(H,17,18). The summed E-state index contributed by atoms with van der Waals surface area (Å²) in [6.07, 6.45) is 4.08. The Bertz CT molecular complexity index is 344. The number of aliphatic carboxylic acids is 1. The van der Waals surface area contributed by atoms with E-state index in [0.717, 1.165) is 12.8 Å². The number of rotatable bonds is 5. The topological polar surface area (TPSA) is 60.9 Å². The molecule has 2 unspecified atom stereocenters. The van der Waals surface area contributed by atoms with Gasteiger partial charge in [0.25, 0.3) is 0 Å². The molecule has 19 heavy (non-hydrogen) atoms. The Labute approximate surface area is 114 Å². The van der Waals surface area contributed by atoms with Gasteiger partial charge in [-0.1, -0.05) is 19.4 Å². The van der Waals surface area contributed by atoms with Crippen molar-refractivity contribution < 1.29 is 14.7 Å². The molecule has 2 amide bonds. The Hall–Kier alpha value is -1.52. The predicted molar refractivity (Wildman–Crippen MR) is 74.0 cm³/mol. The van der Waals surface area contributed by atoms with E-state index in [9.17, 15) is 14.7 Å². The summed E-state index contributed by atoms with van der Waals surface area (Å²) >= 11 is 0. The van der Waals surface area contributed by atoms with Gasteiger partial charge in [-0.2, -0.15) is 0 Å². The molecule has 108 valence electrons. The van der Waals surface area contributed by atoms with Gasteiger partial charge < -0.3 is 14.9 Å². The van der Waals surface area contributed by atoms with E-state index < -0.39 is 12.0 Å². The average Bonchev–Trinajstić information content (AvgIpc) is 2.43. The van der Waals surface area contributed by atoms with E-state index in [1.807, 2.05) is 6.92 Å². The van der Waals surface area contributed by atoms with Gasteiger partial charge in [-0.05, 0) is 25.7 Å². The number of carbonyl (C=O) groups is 2. The monoisotopic (exact) mass is 268 g/mol. The van der Waals surface area contributed by atoms with Crippen LogP contribution in [0.5, 0.6) is 0 Å². The highest BCUT2D eigenvalue weighted by Crippen LogP contribution is 2.26. The van der Waals surface area contributed by atoms with Crippen molar-refractivity contribution in [3.8, 4) is 0 Å². The van der Waals surface area contributed by atoms with Crippen LogP contribution in [-0.4, -0.2) is 52.6 Å². The number of hydrogen-bond donors (Lipinski definition) is 1. The second-order valence-electron chi connectivity index (χ2n) is 4.96. The van der Waals surface area contributed by atoms with E-state index in [1.54, 1.807) is 11.0 Å². The second-order valence-corrected chi connectivity index (χ2v) is 4.96. The molecule has 2 atom stereocenters. The average molecular weight is 268 g/mol. The van der Waals surface area contributed by atoms with Gasteiger partial charge in [0.2, 0.25) is 0 Å². The fourth-order valence-corrected chi connectivity index (χ4v) is 2.55. The number of likely N-dealkylation sites (N-methyl/N-ethyl adjacent to an activating group) is 1. The van der Waals surface area contributed by atoms with Crippen LogP contribution < -0.4 is 0 Å². The number of urea groups is 1. The molecule has 1 saturated heterocycles. The van der Waals surface area contributed by atoms with Crippen LogP contribution in [0.1, 0.15) is 33.1 Å². The second kappa shape index (κ2) is 7.16. The zero-order chi connectivity index (χ0) is 14.4. The lowest BCUT2D eigenvalue weighted by Crippen LogP contribution is -2.54. The summed E-state index contributed by atoms with van der Waals surface area (Å²) in [5.41, 5.74) is 0. The Morgan fingerprint density at radius 1 is 1.47 bits per heavy atom. The molecule has 0 aromatic rings. The highest BCUT2D eigenvalue weighted by atomic mass is 16.4. The first-order chi connectivity index (χ1) is 9.04. The highest BCUT2D eigenvalue weighted by molar-refractivity contribution is 5.83. The molecular weight excluding hydrogens is 244 g/mol. The summed E-state index contributed by atoms with van der Waals surface area (Å²) in [5, 5.41) is 9.32. The van der Waals surface area contributed by atoms with Crippen LogP contribution in [0.3, 0.4) is 0 Å². The van der Waals surface area contributed by atoms with Crippen molar-refractivity contribution >= 4 is 12.0 Å². The van der Waals surface area contributed by atoms with E-state index in [4.69, 9.17) is 0 Å². The van der Waals surface area contributed by atoms with Crippen molar-refractivity contribution in [1.82, 2.24) is 9.80 Å². The maximum Gasteiger partial charge on any atom is 0.326 e. The molecule has 0 aromatic heterocycles. The molecule has 1 fully saturated rings. The Morgan fingerprint density at radius 3 is 2.63 bits per heavy atom. The Morgan fingerprint density at radius 2 is 2.16 bits per heavy atom. The fourth-order valence-electron chi connectivity index (χ4n) is 2.55. The van der Waals surface area contributed by atoms with Gasteiger partial charge in [-0.3, -0.25) is 0 Å². The van der Waals surface area contributed by atoms with E-state index in [1.165, 1.54) is 4.90 Å². The van der Waals surface area contributed by atoms with Gasteiger partial charge in [-0.25, -0.2) is 9.59 Å². The Kier molecular flexibility index (Phi) is 5.86. The number of carboxylic acids is 1. The molecular formula is C14H24N2O3. The molecule has 0 spiro atoms. The highest BCUT2D eigenvalue weighted by Gasteiger charge is 2.36. The molecule has 1 aliphatic rings. The lowest BCUT2D eigenvalue weighted by atomic mass is 9.89. The maximum atomic E-state index is 12.4. The van der Waals surface area contributed by atoms with Crippen molar-refractivity contribution in [2.75, 3.05) is 19.6 Å². The summed E-state index contributed by atoms with van der Waals surface area (Å²) in [5.74, 6) is -0.499. The molecule has 1 heterocycles. The number of carbonyl (C=O) groups excluding carboxylic acids is 1. The zero-order valence-electron chi connectivity index (χ0n) is 11.8. The minimum absolute atomic E-state index is 0.190. The molecule has 0 saturated carbocycles. The number of nitrogens with zero attached hydrogens (tertiary/aromatic N) is 2. The number of hydrogen-bond acceptors (Lipinski definition) is 2. The van der Waals surface area contributed by atoms with Crippen LogP contribution in [-0.2, 0) is 4.79 Å². The summed E-state index contributed by atoms with van der Waals surface area (Å²) in [6, 6.07) is -0.880. The van der Waals surface area contributed by atoms with Gasteiger partial charge in [-0.15, -0.1) is 6.58 Å². The predicted octanol–water partition coefficient (Wildman–Crippen LogP) is 2.19. The lowest BCUT2D eigenvalue weighted by Gasteiger charge is -2.39. The summed E-state index contributed by atoms with van der Waals surface area (Å²) in [6.45, 7) is 9.12. The number of amides is 2. The van der Waals surface area contributed by atoms with Gasteiger partial charge in [0.15, 0.2) is 0 Å². The molecule has 0 aliphatic carbocycles. The third-order valence-electron chi connectivity index (χ3n) is 3.82. The van der Waals surface area contributed by atoms with Gasteiger partial charge in [0.05, 0.1) is 0 Å². The summed E-state index contributed by atoms with van der Waals surface area (Å²) < 4.78 is 0. The summed E-state index contributed by atoms with van der Waals surface area (Å²) in [4.78, 5) is 26.9. The van der Waals surface area contributed by atoms with Crippen molar-refractivity contribution in [3.63, 3.8) is 0 Å². The normalized spacial score (nSPS) is 22.9. The zero-order valence-corrected chi connectivity index (χ0v) is 11.8. The van der Waals surface area contributed by atoms with Crippen molar-refractivity contribution in [2.45, 2.75) is 39.2 Å². The van der Waals surface area contributed by atoms with Crippen molar-refractivity contribution in [2.24, 2.45) is 5.92 Å². The molecule has 0 aromatic carbocycles. The summed E-state index contributed by atoms with van der Waals surface area (Å²) in [7, 11) is 0. The fraction of sp³-hybridized carbons (Fsp3) is 0.714. The Balaban J connectivity index is 2.81. The van der Waals surface area contributed by atoms with Crippen LogP contribution in [0.4, 0.5) is 4.79 Å². The van der Waals surface area contributed by atoms with Crippen molar-refractivity contribution in [3.05, 3.63) is 12.7 Å². The first-order valence-corrected chi connectivity index (χ1v) is 6.94. The van der Waals surface area contributed by atoms with Gasteiger partial charge in [0.1, 0.15) is 6.04 Å². The molecule has 1 rings (SSSR count). The van der Waals surface area contributed by atoms with E-state index >= 15 is 0 Å². The molecule has 5 nitrogen and oxygen atoms in total. The first kappa shape index (κ1) is 15.5. The van der Waals surface area contributed by atoms with Gasteiger partial charge >= 0.3 is 12.0 Å². The number of piperidine rings is 1. The van der Waals surface area contributed by atoms with Crippen LogP contribution in [0, 0.1) is 5.92 Å². The van der Waals surface area contributed by atoms with Crippen LogP contribution in [0.15, 0.2) is 12.7 Å². The number of likely N-dealkylation sites (tertiary alicyclic amines) is 1. The number of carboxylic acid groups (broad SMARTS) is 1. The molecule has 5 heteroatoms. The minimum atomic E-state index is -0.902. The smallest absolute Gasteiger partial charge is 0.326 e. The lowest BCUT2D eigenvalue weighted by molar-refractivity contribution is -0.144. The van der Waals surface area contributed by atoms with E-state index in [2.05, 4.69) is 13.5 Å². The SMILES string of the molecule is C=CCN(CC)C(=O)N1CCC(CC)CC1C(=O)O. The maximum absolute atomic E-state index is 12.4. The quantitative estimate of drug-likeness (QED) is 0.777. The van der Waals surface area contributed by atoms with Crippen LogP contribution >= 0.6 is 0 Å². The molecule has 0 radical (unpaired) electrons. The third kappa shape index (κ3) is 3.72. The van der Waals surface area contributed by atoms with E-state index in [0.29, 0.717) is 32.0 Å².